The normalized spacial score (nSPS) is 12.3. The molecule has 2 N–H and O–H groups in total. The Morgan fingerprint density at radius 2 is 1.96 bits per heavy atom. The van der Waals surface area contributed by atoms with Crippen LogP contribution < -0.4 is 15.5 Å². The molecule has 0 bridgehead atoms. The Labute approximate surface area is 165 Å². The van der Waals surface area contributed by atoms with E-state index in [1.807, 2.05) is 18.2 Å². The van der Waals surface area contributed by atoms with Crippen LogP contribution in [0.4, 0.5) is 11.4 Å². The number of nitrogens with one attached hydrogen (secondary N) is 2. The van der Waals surface area contributed by atoms with Gasteiger partial charge in [0.25, 0.3) is 5.91 Å². The SMILES string of the molecule is COCCNCC(=O)Nc1cccc(C(=O)N2CCc3ccccc32)c1.Cl. The van der Waals surface area contributed by atoms with Crippen molar-refractivity contribution in [2.24, 2.45) is 0 Å². The number of ether oxygens (including phenoxy) is 1. The molecule has 7 heteroatoms. The molecule has 0 atom stereocenters. The average Bonchev–Trinajstić information content (AvgIpc) is 3.09. The average molecular weight is 390 g/mol. The quantitative estimate of drug-likeness (QED) is 0.714. The number of hydrogen-bond acceptors (Lipinski definition) is 4. The summed E-state index contributed by atoms with van der Waals surface area (Å²) < 4.78 is 4.92. The molecule has 27 heavy (non-hydrogen) atoms. The fourth-order valence-corrected chi connectivity index (χ4v) is 3.02. The van der Waals surface area contributed by atoms with Crippen LogP contribution in [0.5, 0.6) is 0 Å². The van der Waals surface area contributed by atoms with Gasteiger partial charge in [-0.15, -0.1) is 12.4 Å². The topological polar surface area (TPSA) is 70.7 Å². The zero-order chi connectivity index (χ0) is 18.4. The predicted molar refractivity (Wildman–Crippen MR) is 109 cm³/mol. The molecule has 0 spiro atoms. The van der Waals surface area contributed by atoms with Crippen LogP contribution in [0.2, 0.25) is 0 Å². The molecule has 144 valence electrons. The van der Waals surface area contributed by atoms with E-state index in [0.29, 0.717) is 30.9 Å². The molecule has 3 rings (SSSR count). The lowest BCUT2D eigenvalue weighted by molar-refractivity contribution is -0.115. The van der Waals surface area contributed by atoms with Crippen LogP contribution in [0.15, 0.2) is 48.5 Å². The number of methoxy groups -OCH3 is 1. The van der Waals surface area contributed by atoms with Crippen molar-refractivity contribution in [2.45, 2.75) is 6.42 Å². The van der Waals surface area contributed by atoms with Gasteiger partial charge in [0.05, 0.1) is 13.2 Å². The number of carbonyl (C=O) groups is 2. The highest BCUT2D eigenvalue weighted by atomic mass is 35.5. The van der Waals surface area contributed by atoms with Gasteiger partial charge in [0.2, 0.25) is 5.91 Å². The number of halogens is 1. The molecule has 0 aromatic heterocycles. The van der Waals surface area contributed by atoms with Crippen molar-refractivity contribution in [2.75, 3.05) is 43.6 Å². The molecule has 1 aliphatic heterocycles. The third kappa shape index (κ3) is 5.29. The predicted octanol–water partition coefficient (Wildman–Crippen LogP) is 2.49. The van der Waals surface area contributed by atoms with Crippen LogP contribution in [0.25, 0.3) is 0 Å². The second-order valence-electron chi connectivity index (χ2n) is 6.13. The first kappa shape index (κ1) is 20.9. The number of carbonyl (C=O) groups excluding carboxylic acids is 2. The van der Waals surface area contributed by atoms with Crippen molar-refractivity contribution in [3.63, 3.8) is 0 Å². The largest absolute Gasteiger partial charge is 0.383 e. The van der Waals surface area contributed by atoms with Crippen molar-refractivity contribution in [3.05, 3.63) is 59.7 Å². The van der Waals surface area contributed by atoms with Gasteiger partial charge in [-0.3, -0.25) is 9.59 Å². The lowest BCUT2D eigenvalue weighted by Crippen LogP contribution is -2.31. The van der Waals surface area contributed by atoms with Crippen molar-refractivity contribution in [3.8, 4) is 0 Å². The molecule has 1 heterocycles. The second kappa shape index (κ2) is 10.1. The van der Waals surface area contributed by atoms with E-state index in [4.69, 9.17) is 4.74 Å². The van der Waals surface area contributed by atoms with Crippen LogP contribution in [-0.2, 0) is 16.0 Å². The maximum Gasteiger partial charge on any atom is 0.258 e. The monoisotopic (exact) mass is 389 g/mol. The van der Waals surface area contributed by atoms with E-state index in [1.54, 1.807) is 36.3 Å². The number of amides is 2. The number of benzene rings is 2. The smallest absolute Gasteiger partial charge is 0.258 e. The van der Waals surface area contributed by atoms with Crippen molar-refractivity contribution in [1.29, 1.82) is 0 Å². The minimum atomic E-state index is -0.155. The van der Waals surface area contributed by atoms with Crippen LogP contribution in [0.1, 0.15) is 15.9 Å². The van der Waals surface area contributed by atoms with Gasteiger partial charge < -0.3 is 20.3 Å². The molecular formula is C20H24ClN3O3. The first-order valence-corrected chi connectivity index (χ1v) is 8.68. The van der Waals surface area contributed by atoms with E-state index in [0.717, 1.165) is 12.1 Å². The van der Waals surface area contributed by atoms with Crippen molar-refractivity contribution in [1.82, 2.24) is 5.32 Å². The van der Waals surface area contributed by atoms with Crippen molar-refractivity contribution >= 4 is 35.6 Å². The second-order valence-corrected chi connectivity index (χ2v) is 6.13. The van der Waals surface area contributed by atoms with Gasteiger partial charge in [-0.2, -0.15) is 0 Å². The Morgan fingerprint density at radius 1 is 1.15 bits per heavy atom. The highest BCUT2D eigenvalue weighted by Gasteiger charge is 2.25. The summed E-state index contributed by atoms with van der Waals surface area (Å²) >= 11 is 0. The highest BCUT2D eigenvalue weighted by molar-refractivity contribution is 6.08. The van der Waals surface area contributed by atoms with Crippen molar-refractivity contribution < 1.29 is 14.3 Å². The fraction of sp³-hybridized carbons (Fsp3) is 0.300. The molecule has 2 amide bonds. The molecule has 0 saturated carbocycles. The number of hydrogen-bond donors (Lipinski definition) is 2. The number of rotatable bonds is 7. The van der Waals surface area contributed by atoms with Gasteiger partial charge in [-0.1, -0.05) is 24.3 Å². The van der Waals surface area contributed by atoms with Crippen LogP contribution in [0, 0.1) is 0 Å². The summed E-state index contributed by atoms with van der Waals surface area (Å²) in [5, 5.41) is 5.80. The third-order valence-corrected chi connectivity index (χ3v) is 4.29. The van der Waals surface area contributed by atoms with E-state index < -0.39 is 0 Å². The summed E-state index contributed by atoms with van der Waals surface area (Å²) in [7, 11) is 1.61. The summed E-state index contributed by atoms with van der Waals surface area (Å²) in [6.45, 7) is 2.03. The molecule has 6 nitrogen and oxygen atoms in total. The Kier molecular flexibility index (Phi) is 7.79. The Hall–Kier alpha value is -2.41. The lowest BCUT2D eigenvalue weighted by atomic mass is 10.1. The van der Waals surface area contributed by atoms with Crippen LogP contribution in [0.3, 0.4) is 0 Å². The Bertz CT molecular complexity index is 798. The Balaban J connectivity index is 0.00000261. The first-order valence-electron chi connectivity index (χ1n) is 8.68. The lowest BCUT2D eigenvalue weighted by Gasteiger charge is -2.18. The van der Waals surface area contributed by atoms with Gasteiger partial charge in [0, 0.05) is 37.1 Å². The standard InChI is InChI=1S/C20H23N3O3.ClH/c1-26-12-10-21-14-19(24)22-17-7-4-6-16(13-17)20(25)23-11-9-15-5-2-3-8-18(15)23;/h2-8,13,21H,9-12,14H2,1H3,(H,22,24);1H. The minimum absolute atomic E-state index is 0. The maximum absolute atomic E-state index is 12.9. The maximum atomic E-state index is 12.9. The molecule has 0 saturated heterocycles. The molecule has 0 radical (unpaired) electrons. The fourth-order valence-electron chi connectivity index (χ4n) is 3.02. The van der Waals surface area contributed by atoms with Gasteiger partial charge in [0.1, 0.15) is 0 Å². The molecule has 2 aromatic rings. The number of nitrogens with zero attached hydrogens (tertiary/aromatic N) is 1. The van der Waals surface area contributed by atoms with Gasteiger partial charge >= 0.3 is 0 Å². The zero-order valence-corrected chi connectivity index (χ0v) is 16.1. The molecule has 1 aliphatic rings. The Morgan fingerprint density at radius 3 is 2.78 bits per heavy atom. The van der Waals surface area contributed by atoms with Gasteiger partial charge in [0.15, 0.2) is 0 Å². The van der Waals surface area contributed by atoms with Crippen LogP contribution in [-0.4, -0.2) is 45.2 Å². The molecule has 2 aromatic carbocycles. The summed E-state index contributed by atoms with van der Waals surface area (Å²) in [6, 6.07) is 15.0. The summed E-state index contributed by atoms with van der Waals surface area (Å²) in [5.74, 6) is -0.207. The van der Waals surface area contributed by atoms with Gasteiger partial charge in [-0.25, -0.2) is 0 Å². The van der Waals surface area contributed by atoms with E-state index in [1.165, 1.54) is 5.56 Å². The molecule has 0 fully saturated rings. The zero-order valence-electron chi connectivity index (χ0n) is 15.2. The number of fused-ring (bicyclic) bond motifs is 1. The molecule has 0 unspecified atom stereocenters. The van der Waals surface area contributed by atoms with E-state index in [2.05, 4.69) is 16.7 Å². The van der Waals surface area contributed by atoms with E-state index >= 15 is 0 Å². The van der Waals surface area contributed by atoms with E-state index in [-0.39, 0.29) is 30.8 Å². The first-order chi connectivity index (χ1) is 12.7. The number of para-hydroxylation sites is 1. The molecule has 0 aliphatic carbocycles. The highest BCUT2D eigenvalue weighted by Crippen LogP contribution is 2.29. The minimum Gasteiger partial charge on any atom is -0.383 e. The molecular weight excluding hydrogens is 366 g/mol. The summed E-state index contributed by atoms with van der Waals surface area (Å²) in [6.07, 6.45) is 0.867. The third-order valence-electron chi connectivity index (χ3n) is 4.29. The number of anilines is 2. The van der Waals surface area contributed by atoms with Gasteiger partial charge in [-0.05, 0) is 36.2 Å². The van der Waals surface area contributed by atoms with Crippen LogP contribution >= 0.6 is 12.4 Å². The van der Waals surface area contributed by atoms with E-state index in [9.17, 15) is 9.59 Å². The summed E-state index contributed by atoms with van der Waals surface area (Å²) in [4.78, 5) is 26.6. The summed E-state index contributed by atoms with van der Waals surface area (Å²) in [5.41, 5.74) is 3.33.